The molecule has 0 aliphatic rings. The zero-order valence-corrected chi connectivity index (χ0v) is 16.3. The lowest BCUT2D eigenvalue weighted by molar-refractivity contribution is -0.124. The van der Waals surface area contributed by atoms with Crippen LogP contribution in [0.5, 0.6) is 17.2 Å². The van der Waals surface area contributed by atoms with Gasteiger partial charge in [0.1, 0.15) is 0 Å². The van der Waals surface area contributed by atoms with Gasteiger partial charge < -0.3 is 30.0 Å². The third kappa shape index (κ3) is 4.85. The van der Waals surface area contributed by atoms with Crippen LogP contribution in [-0.2, 0) is 16.1 Å². The van der Waals surface area contributed by atoms with Gasteiger partial charge in [0, 0.05) is 12.2 Å². The number of nitrogens with two attached hydrogens (primary N) is 1. The molecule has 0 atom stereocenters. The first-order valence-electron chi connectivity index (χ1n) is 8.49. The number of nitrogens with one attached hydrogen (secondary N) is 1. The summed E-state index contributed by atoms with van der Waals surface area (Å²) in [5, 5.41) is 2.67. The highest BCUT2D eigenvalue weighted by atomic mass is 16.5. The molecule has 2 aromatic rings. The molecule has 0 spiro atoms. The zero-order chi connectivity index (χ0) is 20.7. The molecule has 0 unspecified atom stereocenters. The Bertz CT molecular complexity index is 841. The van der Waals surface area contributed by atoms with E-state index < -0.39 is 18.5 Å². The molecule has 0 fully saturated rings. The van der Waals surface area contributed by atoms with Crippen molar-refractivity contribution >= 4 is 17.6 Å². The van der Waals surface area contributed by atoms with Crippen LogP contribution in [0.1, 0.15) is 21.5 Å². The lowest BCUT2D eigenvalue weighted by atomic mass is 10.1. The van der Waals surface area contributed by atoms with Crippen LogP contribution in [0.4, 0.5) is 5.69 Å². The van der Waals surface area contributed by atoms with Crippen molar-refractivity contribution in [2.45, 2.75) is 13.5 Å². The van der Waals surface area contributed by atoms with Crippen molar-refractivity contribution in [3.8, 4) is 17.2 Å². The maximum Gasteiger partial charge on any atom is 0.340 e. The van der Waals surface area contributed by atoms with Gasteiger partial charge in [-0.2, -0.15) is 0 Å². The third-order valence-corrected chi connectivity index (χ3v) is 4.09. The van der Waals surface area contributed by atoms with E-state index in [4.69, 9.17) is 24.7 Å². The van der Waals surface area contributed by atoms with Crippen molar-refractivity contribution in [1.29, 1.82) is 0 Å². The second-order valence-electron chi connectivity index (χ2n) is 5.92. The minimum Gasteiger partial charge on any atom is -0.493 e. The molecular weight excluding hydrogens is 364 g/mol. The van der Waals surface area contributed by atoms with Gasteiger partial charge in [-0.3, -0.25) is 4.79 Å². The van der Waals surface area contributed by atoms with Gasteiger partial charge >= 0.3 is 5.97 Å². The number of aryl methyl sites for hydroxylation is 1. The molecule has 0 aromatic heterocycles. The molecule has 0 heterocycles. The highest BCUT2D eigenvalue weighted by Crippen LogP contribution is 2.38. The van der Waals surface area contributed by atoms with Crippen LogP contribution in [0.25, 0.3) is 0 Å². The topological polar surface area (TPSA) is 109 Å². The monoisotopic (exact) mass is 388 g/mol. The van der Waals surface area contributed by atoms with Crippen LogP contribution >= 0.6 is 0 Å². The number of hydrogen-bond donors (Lipinski definition) is 2. The second kappa shape index (κ2) is 9.50. The fourth-order valence-corrected chi connectivity index (χ4v) is 2.56. The number of hydrogen-bond acceptors (Lipinski definition) is 7. The lowest BCUT2D eigenvalue weighted by Crippen LogP contribution is -2.28. The van der Waals surface area contributed by atoms with Crippen molar-refractivity contribution in [3.63, 3.8) is 0 Å². The van der Waals surface area contributed by atoms with Crippen LogP contribution < -0.4 is 25.3 Å². The fourth-order valence-electron chi connectivity index (χ4n) is 2.56. The molecule has 150 valence electrons. The van der Waals surface area contributed by atoms with E-state index in [1.807, 2.05) is 0 Å². The number of anilines is 1. The Balaban J connectivity index is 1.95. The van der Waals surface area contributed by atoms with Crippen molar-refractivity contribution in [2.75, 3.05) is 33.7 Å². The quantitative estimate of drug-likeness (QED) is 0.526. The lowest BCUT2D eigenvalue weighted by Gasteiger charge is -2.14. The van der Waals surface area contributed by atoms with E-state index in [2.05, 4.69) is 5.32 Å². The molecule has 0 aliphatic carbocycles. The Labute approximate surface area is 163 Å². The average Bonchev–Trinajstić information content (AvgIpc) is 2.71. The van der Waals surface area contributed by atoms with E-state index in [-0.39, 0.29) is 12.1 Å². The first-order valence-corrected chi connectivity index (χ1v) is 8.49. The molecule has 0 saturated carbocycles. The van der Waals surface area contributed by atoms with Crippen LogP contribution in [-0.4, -0.2) is 39.8 Å². The number of para-hydroxylation sites is 1. The number of rotatable bonds is 8. The summed E-state index contributed by atoms with van der Waals surface area (Å²) in [5.74, 6) is 0.321. The van der Waals surface area contributed by atoms with Crippen molar-refractivity contribution in [3.05, 3.63) is 47.0 Å². The predicted molar refractivity (Wildman–Crippen MR) is 104 cm³/mol. The van der Waals surface area contributed by atoms with E-state index in [1.54, 1.807) is 37.3 Å². The summed E-state index contributed by atoms with van der Waals surface area (Å²) in [6.07, 6.45) is 0. The van der Waals surface area contributed by atoms with Gasteiger partial charge in [-0.1, -0.05) is 12.1 Å². The van der Waals surface area contributed by atoms with Crippen molar-refractivity contribution < 1.29 is 28.5 Å². The minimum absolute atomic E-state index is 0.194. The molecule has 0 bridgehead atoms. The van der Waals surface area contributed by atoms with Gasteiger partial charge in [-0.05, 0) is 36.2 Å². The fraction of sp³-hybridized carbons (Fsp3) is 0.300. The number of ether oxygens (including phenoxy) is 4. The Morgan fingerprint density at radius 1 is 1.04 bits per heavy atom. The molecule has 0 saturated heterocycles. The van der Waals surface area contributed by atoms with Crippen LogP contribution in [0.15, 0.2) is 30.3 Å². The number of benzene rings is 2. The summed E-state index contributed by atoms with van der Waals surface area (Å²) in [7, 11) is 4.53. The maximum atomic E-state index is 12.1. The predicted octanol–water partition coefficient (Wildman–Crippen LogP) is 2.08. The number of carbonyl (C=O) groups is 2. The van der Waals surface area contributed by atoms with E-state index in [0.717, 1.165) is 11.1 Å². The average molecular weight is 388 g/mol. The molecule has 28 heavy (non-hydrogen) atoms. The van der Waals surface area contributed by atoms with Crippen LogP contribution in [0, 0.1) is 6.92 Å². The first kappa shape index (κ1) is 20.9. The SMILES string of the molecule is COc1cc(CNC(=O)COC(=O)c2cccc(C)c2N)cc(OC)c1OC. The number of methoxy groups -OCH3 is 3. The Hall–Kier alpha value is -3.42. The standard InChI is InChI=1S/C20H24N2O6/c1-12-6-5-7-14(18(12)21)20(24)28-11-17(23)22-10-13-8-15(25-2)19(27-4)16(9-13)26-3/h5-9H,10-11,21H2,1-4H3,(H,22,23). The highest BCUT2D eigenvalue weighted by molar-refractivity contribution is 5.96. The van der Waals surface area contributed by atoms with Crippen LogP contribution in [0.2, 0.25) is 0 Å². The molecular formula is C20H24N2O6. The minimum atomic E-state index is -0.649. The maximum absolute atomic E-state index is 12.1. The van der Waals surface area contributed by atoms with Gasteiger partial charge in [-0.15, -0.1) is 0 Å². The summed E-state index contributed by atoms with van der Waals surface area (Å²) in [6, 6.07) is 8.49. The highest BCUT2D eigenvalue weighted by Gasteiger charge is 2.16. The molecule has 0 aliphatic heterocycles. The summed E-state index contributed by atoms with van der Waals surface area (Å²) in [6.45, 7) is 1.56. The largest absolute Gasteiger partial charge is 0.493 e. The first-order chi connectivity index (χ1) is 13.4. The van der Waals surface area contributed by atoms with E-state index in [0.29, 0.717) is 22.9 Å². The Kier molecular flexibility index (Phi) is 7.08. The Morgan fingerprint density at radius 3 is 2.25 bits per heavy atom. The summed E-state index contributed by atoms with van der Waals surface area (Å²) < 4.78 is 20.9. The number of nitrogen functional groups attached to an aromatic ring is 1. The third-order valence-electron chi connectivity index (χ3n) is 4.09. The molecule has 8 nitrogen and oxygen atoms in total. The molecule has 1 amide bonds. The number of carbonyl (C=O) groups excluding carboxylic acids is 2. The van der Waals surface area contributed by atoms with E-state index >= 15 is 0 Å². The zero-order valence-electron chi connectivity index (χ0n) is 16.3. The van der Waals surface area contributed by atoms with Gasteiger partial charge in [0.15, 0.2) is 18.1 Å². The van der Waals surface area contributed by atoms with E-state index in [9.17, 15) is 9.59 Å². The van der Waals surface area contributed by atoms with Crippen molar-refractivity contribution in [2.24, 2.45) is 0 Å². The van der Waals surface area contributed by atoms with E-state index in [1.165, 1.54) is 21.3 Å². The Morgan fingerprint density at radius 2 is 1.68 bits per heavy atom. The molecule has 8 heteroatoms. The van der Waals surface area contributed by atoms with Gasteiger partial charge in [-0.25, -0.2) is 4.79 Å². The van der Waals surface area contributed by atoms with Crippen molar-refractivity contribution in [1.82, 2.24) is 5.32 Å². The smallest absolute Gasteiger partial charge is 0.340 e. The molecule has 2 aromatic carbocycles. The molecule has 3 N–H and O–H groups in total. The number of esters is 1. The summed E-state index contributed by atoms with van der Waals surface area (Å²) in [4.78, 5) is 24.1. The van der Waals surface area contributed by atoms with Gasteiger partial charge in [0.05, 0.1) is 26.9 Å². The van der Waals surface area contributed by atoms with Gasteiger partial charge in [0.2, 0.25) is 5.75 Å². The second-order valence-corrected chi connectivity index (χ2v) is 5.92. The summed E-state index contributed by atoms with van der Waals surface area (Å²) in [5.41, 5.74) is 7.94. The molecule has 0 radical (unpaired) electrons. The van der Waals surface area contributed by atoms with Crippen LogP contribution in [0.3, 0.4) is 0 Å². The summed E-state index contributed by atoms with van der Waals surface area (Å²) >= 11 is 0. The number of amides is 1. The van der Waals surface area contributed by atoms with Gasteiger partial charge in [0.25, 0.3) is 5.91 Å². The molecule has 2 rings (SSSR count). The normalized spacial score (nSPS) is 10.1.